The first-order chi connectivity index (χ1) is 15.0. The maximum absolute atomic E-state index is 13.1. The third-order valence-corrected chi connectivity index (χ3v) is 5.23. The SMILES string of the molecule is Cc1ccc(NC(=O)N(CCC(=O)NCc2ccccc2)C(C)c2ccccc2)cc1. The highest BCUT2D eigenvalue weighted by atomic mass is 16.2. The molecular formula is C26H29N3O2. The van der Waals surface area contributed by atoms with E-state index in [4.69, 9.17) is 0 Å². The van der Waals surface area contributed by atoms with E-state index in [2.05, 4.69) is 10.6 Å². The predicted molar refractivity (Wildman–Crippen MR) is 125 cm³/mol. The van der Waals surface area contributed by atoms with E-state index < -0.39 is 0 Å². The van der Waals surface area contributed by atoms with Crippen molar-refractivity contribution in [2.45, 2.75) is 32.9 Å². The summed E-state index contributed by atoms with van der Waals surface area (Å²) < 4.78 is 0. The van der Waals surface area contributed by atoms with Crippen molar-refractivity contribution in [3.05, 3.63) is 102 Å². The molecule has 3 aromatic carbocycles. The number of urea groups is 1. The molecule has 0 heterocycles. The molecule has 0 saturated heterocycles. The Morgan fingerprint density at radius 2 is 1.48 bits per heavy atom. The van der Waals surface area contributed by atoms with Crippen molar-refractivity contribution in [3.63, 3.8) is 0 Å². The lowest BCUT2D eigenvalue weighted by molar-refractivity contribution is -0.121. The smallest absolute Gasteiger partial charge is 0.322 e. The highest BCUT2D eigenvalue weighted by molar-refractivity contribution is 5.90. The van der Waals surface area contributed by atoms with Crippen molar-refractivity contribution >= 4 is 17.6 Å². The number of nitrogens with one attached hydrogen (secondary N) is 2. The van der Waals surface area contributed by atoms with Gasteiger partial charge in [-0.05, 0) is 37.1 Å². The van der Waals surface area contributed by atoms with E-state index in [0.29, 0.717) is 13.1 Å². The first-order valence-electron chi connectivity index (χ1n) is 10.5. The number of carbonyl (C=O) groups is 2. The van der Waals surface area contributed by atoms with Gasteiger partial charge in [0.15, 0.2) is 0 Å². The molecule has 0 aliphatic carbocycles. The number of amides is 3. The molecule has 1 unspecified atom stereocenters. The Hall–Kier alpha value is -3.60. The molecule has 0 fully saturated rings. The fourth-order valence-corrected chi connectivity index (χ4v) is 3.32. The summed E-state index contributed by atoms with van der Waals surface area (Å²) in [5, 5.41) is 5.89. The lowest BCUT2D eigenvalue weighted by Gasteiger charge is -2.29. The molecule has 0 aliphatic rings. The van der Waals surface area contributed by atoms with Crippen LogP contribution in [0.4, 0.5) is 10.5 Å². The van der Waals surface area contributed by atoms with E-state index in [1.807, 2.05) is 98.8 Å². The van der Waals surface area contributed by atoms with Crippen LogP contribution in [0.2, 0.25) is 0 Å². The molecule has 0 aliphatic heterocycles. The molecule has 0 saturated carbocycles. The molecule has 0 spiro atoms. The van der Waals surface area contributed by atoms with Gasteiger partial charge in [-0.1, -0.05) is 78.4 Å². The topological polar surface area (TPSA) is 61.4 Å². The van der Waals surface area contributed by atoms with E-state index in [1.165, 1.54) is 0 Å². The largest absolute Gasteiger partial charge is 0.352 e. The normalized spacial score (nSPS) is 11.4. The lowest BCUT2D eigenvalue weighted by atomic mass is 10.1. The van der Waals surface area contributed by atoms with Gasteiger partial charge in [0.1, 0.15) is 0 Å². The molecule has 0 radical (unpaired) electrons. The summed E-state index contributed by atoms with van der Waals surface area (Å²) in [5.41, 5.74) is 3.92. The van der Waals surface area contributed by atoms with Crippen molar-refractivity contribution in [1.82, 2.24) is 10.2 Å². The van der Waals surface area contributed by atoms with Gasteiger partial charge in [0.05, 0.1) is 6.04 Å². The van der Waals surface area contributed by atoms with Crippen LogP contribution in [-0.4, -0.2) is 23.4 Å². The maximum Gasteiger partial charge on any atom is 0.322 e. The Kier molecular flexibility index (Phi) is 7.82. The van der Waals surface area contributed by atoms with Crippen LogP contribution in [0.1, 0.15) is 36.1 Å². The lowest BCUT2D eigenvalue weighted by Crippen LogP contribution is -2.39. The number of hydrogen-bond donors (Lipinski definition) is 2. The van der Waals surface area contributed by atoms with Gasteiger partial charge in [0, 0.05) is 25.2 Å². The van der Waals surface area contributed by atoms with Gasteiger partial charge in [0.2, 0.25) is 5.91 Å². The molecule has 3 aromatic rings. The van der Waals surface area contributed by atoms with Gasteiger partial charge < -0.3 is 15.5 Å². The molecule has 1 atom stereocenters. The van der Waals surface area contributed by atoms with Gasteiger partial charge in [-0.2, -0.15) is 0 Å². The molecule has 0 aromatic heterocycles. The summed E-state index contributed by atoms with van der Waals surface area (Å²) in [6, 6.07) is 26.9. The van der Waals surface area contributed by atoms with Crippen LogP contribution in [0.25, 0.3) is 0 Å². The monoisotopic (exact) mass is 415 g/mol. The molecule has 160 valence electrons. The van der Waals surface area contributed by atoms with Crippen LogP contribution in [0.3, 0.4) is 0 Å². The Bertz CT molecular complexity index is 973. The molecule has 3 amide bonds. The zero-order valence-corrected chi connectivity index (χ0v) is 18.0. The average molecular weight is 416 g/mol. The van der Waals surface area contributed by atoms with Gasteiger partial charge in [-0.25, -0.2) is 4.79 Å². The fraction of sp³-hybridized carbons (Fsp3) is 0.231. The second-order valence-corrected chi connectivity index (χ2v) is 7.59. The zero-order chi connectivity index (χ0) is 22.1. The molecule has 3 rings (SSSR count). The van der Waals surface area contributed by atoms with Gasteiger partial charge >= 0.3 is 6.03 Å². The van der Waals surface area contributed by atoms with Crippen LogP contribution in [0.15, 0.2) is 84.9 Å². The summed E-state index contributed by atoms with van der Waals surface area (Å²) in [7, 11) is 0. The minimum Gasteiger partial charge on any atom is -0.352 e. The standard InChI is InChI=1S/C26H29N3O2/c1-20-13-15-24(16-14-20)28-26(31)29(21(2)23-11-7-4-8-12-23)18-17-25(30)27-19-22-9-5-3-6-10-22/h3-16,21H,17-19H2,1-2H3,(H,27,30)(H,28,31). The van der Waals surface area contributed by atoms with Gasteiger partial charge in [-0.3, -0.25) is 4.79 Å². The van der Waals surface area contributed by atoms with Crippen LogP contribution >= 0.6 is 0 Å². The highest BCUT2D eigenvalue weighted by Crippen LogP contribution is 2.22. The number of nitrogens with zero attached hydrogens (tertiary/aromatic N) is 1. The van der Waals surface area contributed by atoms with E-state index in [-0.39, 0.29) is 24.4 Å². The first kappa shape index (κ1) is 22.1. The zero-order valence-electron chi connectivity index (χ0n) is 18.0. The summed E-state index contributed by atoms with van der Waals surface area (Å²) in [6.45, 7) is 4.77. The molecule has 2 N–H and O–H groups in total. The highest BCUT2D eigenvalue weighted by Gasteiger charge is 2.22. The number of hydrogen-bond acceptors (Lipinski definition) is 2. The Balaban J connectivity index is 1.65. The second-order valence-electron chi connectivity index (χ2n) is 7.59. The van der Waals surface area contributed by atoms with Crippen molar-refractivity contribution in [3.8, 4) is 0 Å². The van der Waals surface area contributed by atoms with E-state index in [0.717, 1.165) is 22.4 Å². The molecular weight excluding hydrogens is 386 g/mol. The molecule has 31 heavy (non-hydrogen) atoms. The summed E-state index contributed by atoms with van der Waals surface area (Å²) in [4.78, 5) is 27.2. The molecule has 5 nitrogen and oxygen atoms in total. The minimum absolute atomic E-state index is 0.0859. The minimum atomic E-state index is -0.226. The Labute approximate surface area is 184 Å². The Morgan fingerprint density at radius 1 is 0.871 bits per heavy atom. The van der Waals surface area contributed by atoms with Crippen molar-refractivity contribution in [2.75, 3.05) is 11.9 Å². The van der Waals surface area contributed by atoms with Crippen LogP contribution in [0.5, 0.6) is 0 Å². The first-order valence-corrected chi connectivity index (χ1v) is 10.5. The van der Waals surface area contributed by atoms with Crippen LogP contribution in [0, 0.1) is 6.92 Å². The third-order valence-electron chi connectivity index (χ3n) is 5.23. The van der Waals surface area contributed by atoms with Gasteiger partial charge in [0.25, 0.3) is 0 Å². The average Bonchev–Trinajstić information content (AvgIpc) is 2.80. The molecule has 5 heteroatoms. The summed E-state index contributed by atoms with van der Waals surface area (Å²) >= 11 is 0. The fourth-order valence-electron chi connectivity index (χ4n) is 3.32. The Morgan fingerprint density at radius 3 is 2.13 bits per heavy atom. The van der Waals surface area contributed by atoms with Gasteiger partial charge in [-0.15, -0.1) is 0 Å². The quantitative estimate of drug-likeness (QED) is 0.525. The second kappa shape index (κ2) is 11.0. The number of anilines is 1. The number of benzene rings is 3. The number of rotatable bonds is 8. The van der Waals surface area contributed by atoms with E-state index >= 15 is 0 Å². The van der Waals surface area contributed by atoms with Crippen molar-refractivity contribution in [1.29, 1.82) is 0 Å². The summed E-state index contributed by atoms with van der Waals surface area (Å²) in [5.74, 6) is -0.0859. The summed E-state index contributed by atoms with van der Waals surface area (Å²) in [6.07, 6.45) is 0.228. The van der Waals surface area contributed by atoms with E-state index in [1.54, 1.807) is 4.90 Å². The van der Waals surface area contributed by atoms with E-state index in [9.17, 15) is 9.59 Å². The third kappa shape index (κ3) is 6.71. The number of carbonyl (C=O) groups excluding carboxylic acids is 2. The van der Waals surface area contributed by atoms with Crippen molar-refractivity contribution in [2.24, 2.45) is 0 Å². The molecule has 0 bridgehead atoms. The predicted octanol–water partition coefficient (Wildman–Crippen LogP) is 5.30. The maximum atomic E-state index is 13.1. The number of aryl methyl sites for hydroxylation is 1. The van der Waals surface area contributed by atoms with Crippen molar-refractivity contribution < 1.29 is 9.59 Å². The van der Waals surface area contributed by atoms with Crippen LogP contribution in [-0.2, 0) is 11.3 Å². The van der Waals surface area contributed by atoms with Crippen LogP contribution < -0.4 is 10.6 Å².